The molecule has 0 aliphatic heterocycles. The fourth-order valence-electron chi connectivity index (χ4n) is 0.606. The van der Waals surface area contributed by atoms with Crippen LogP contribution >= 0.6 is 15.9 Å². The predicted molar refractivity (Wildman–Crippen MR) is 71.6 cm³/mol. The van der Waals surface area contributed by atoms with E-state index in [4.69, 9.17) is 0 Å². The molecule has 76 valence electrons. The monoisotopic (exact) mass is 252 g/mol. The molecule has 0 saturated carbocycles. The maximum Gasteiger partial charge on any atom is 0.0103 e. The van der Waals surface area contributed by atoms with E-state index in [1.807, 2.05) is 31.2 Å². The molecular weight excluding hydrogens is 236 g/mol. The van der Waals surface area contributed by atoms with Crippen LogP contribution in [0.1, 0.15) is 6.92 Å². The van der Waals surface area contributed by atoms with Gasteiger partial charge in [0.05, 0.1) is 0 Å². The molecule has 1 heteroatoms. The van der Waals surface area contributed by atoms with Gasteiger partial charge in [-0.1, -0.05) is 53.9 Å². The molecule has 0 atom stereocenters. The van der Waals surface area contributed by atoms with E-state index in [-0.39, 0.29) is 0 Å². The van der Waals surface area contributed by atoms with Gasteiger partial charge in [-0.15, -0.1) is 13.2 Å². The average Bonchev–Trinajstić information content (AvgIpc) is 2.17. The van der Waals surface area contributed by atoms with Crippen molar-refractivity contribution in [2.24, 2.45) is 0 Å². The van der Waals surface area contributed by atoms with E-state index in [1.165, 1.54) is 0 Å². The third kappa shape index (κ3) is 9.01. The van der Waals surface area contributed by atoms with Gasteiger partial charge >= 0.3 is 0 Å². The Labute approximate surface area is 95.9 Å². The van der Waals surface area contributed by atoms with Crippen molar-refractivity contribution in [1.82, 2.24) is 0 Å². The van der Waals surface area contributed by atoms with E-state index in [0.717, 1.165) is 15.6 Å². The summed E-state index contributed by atoms with van der Waals surface area (Å²) in [6, 6.07) is 0. The minimum atomic E-state index is 0.830. The zero-order valence-corrected chi connectivity index (χ0v) is 10.3. The van der Waals surface area contributed by atoms with Crippen LogP contribution < -0.4 is 0 Å². The normalized spacial score (nSPS) is 9.57. The molecule has 0 aliphatic rings. The lowest BCUT2D eigenvalue weighted by Crippen LogP contribution is -1.76. The van der Waals surface area contributed by atoms with E-state index < -0.39 is 0 Å². The van der Waals surface area contributed by atoms with E-state index in [0.29, 0.717) is 0 Å². The maximum atomic E-state index is 3.85. The third-order valence-corrected chi connectivity index (χ3v) is 1.51. The van der Waals surface area contributed by atoms with Crippen LogP contribution in [0.4, 0.5) is 0 Å². The molecule has 0 radical (unpaired) electrons. The van der Waals surface area contributed by atoms with Crippen LogP contribution in [-0.2, 0) is 0 Å². The van der Waals surface area contributed by atoms with Gasteiger partial charge in [-0.3, -0.25) is 0 Å². The van der Waals surface area contributed by atoms with Gasteiger partial charge in [0.1, 0.15) is 0 Å². The summed E-state index contributed by atoms with van der Waals surface area (Å²) < 4.78 is 0.830. The van der Waals surface area contributed by atoms with E-state index in [2.05, 4.69) is 48.8 Å². The van der Waals surface area contributed by atoms with Crippen molar-refractivity contribution in [2.45, 2.75) is 6.92 Å². The van der Waals surface area contributed by atoms with Gasteiger partial charge in [-0.2, -0.15) is 0 Å². The van der Waals surface area contributed by atoms with Crippen molar-refractivity contribution in [3.05, 3.63) is 72.8 Å². The van der Waals surface area contributed by atoms with Gasteiger partial charge in [0, 0.05) is 4.48 Å². The number of rotatable bonds is 4. The second-order valence-corrected chi connectivity index (χ2v) is 3.35. The van der Waals surface area contributed by atoms with Crippen molar-refractivity contribution in [3.63, 3.8) is 0 Å². The van der Waals surface area contributed by atoms with Gasteiger partial charge in [-0.05, 0) is 24.1 Å². The number of hydrogen-bond acceptors (Lipinski definition) is 0. The Morgan fingerprint density at radius 1 is 0.929 bits per heavy atom. The molecule has 0 aromatic rings. The summed E-state index contributed by atoms with van der Waals surface area (Å²) in [5.74, 6) is 0. The Hall–Kier alpha value is -1.08. The Morgan fingerprint density at radius 3 is 1.71 bits per heavy atom. The molecule has 0 heterocycles. The third-order valence-electron chi connectivity index (χ3n) is 1.25. The quantitative estimate of drug-likeness (QED) is 0.491. The van der Waals surface area contributed by atoms with E-state index in [1.54, 1.807) is 0 Å². The molecule has 0 bridgehead atoms. The van der Waals surface area contributed by atoms with Gasteiger partial charge in [0.25, 0.3) is 0 Å². The number of halogens is 1. The Kier molecular flexibility index (Phi) is 11.0. The smallest absolute Gasteiger partial charge is 0.0103 e. The molecule has 0 N–H and O–H groups in total. The van der Waals surface area contributed by atoms with Gasteiger partial charge in [0.15, 0.2) is 0 Å². The molecule has 0 fully saturated rings. The predicted octanol–water partition coefficient (Wildman–Crippen LogP) is 4.94. The number of allylic oxidation sites excluding steroid dienone is 7. The fourth-order valence-corrected chi connectivity index (χ4v) is 0.738. The number of hydrogen-bond donors (Lipinski definition) is 0. The van der Waals surface area contributed by atoms with Crippen molar-refractivity contribution < 1.29 is 0 Å². The molecule has 0 rings (SSSR count). The van der Waals surface area contributed by atoms with Gasteiger partial charge in [0.2, 0.25) is 0 Å². The zero-order valence-electron chi connectivity index (χ0n) is 8.72. The summed E-state index contributed by atoms with van der Waals surface area (Å²) >= 11 is 3.22. The summed E-state index contributed by atoms with van der Waals surface area (Å²) in [6.45, 7) is 19.3. The van der Waals surface area contributed by atoms with Gasteiger partial charge in [-0.25, -0.2) is 0 Å². The highest BCUT2D eigenvalue weighted by atomic mass is 79.9. The molecule has 0 nitrogen and oxygen atoms in total. The van der Waals surface area contributed by atoms with Crippen LogP contribution in [0.25, 0.3) is 0 Å². The van der Waals surface area contributed by atoms with Crippen LogP contribution in [0.5, 0.6) is 0 Å². The Balaban J connectivity index is 0. The summed E-state index contributed by atoms with van der Waals surface area (Å²) in [6.07, 6.45) is 7.57. The highest BCUT2D eigenvalue weighted by molar-refractivity contribution is 9.11. The summed E-state index contributed by atoms with van der Waals surface area (Å²) in [5, 5.41) is 0. The van der Waals surface area contributed by atoms with Crippen LogP contribution in [0.15, 0.2) is 72.8 Å². The first kappa shape index (κ1) is 15.4. The summed E-state index contributed by atoms with van der Waals surface area (Å²) in [4.78, 5) is 0. The second-order valence-electron chi connectivity index (χ2n) is 2.33. The minimum absolute atomic E-state index is 0.830. The van der Waals surface area contributed by atoms with Crippen molar-refractivity contribution in [2.75, 3.05) is 0 Å². The molecular formula is C13H17Br. The minimum Gasteiger partial charge on any atom is -0.106 e. The van der Waals surface area contributed by atoms with Crippen LogP contribution in [0, 0.1) is 0 Å². The summed E-state index contributed by atoms with van der Waals surface area (Å²) in [5.41, 5.74) is 1.82. The van der Waals surface area contributed by atoms with Crippen molar-refractivity contribution in [3.8, 4) is 0 Å². The molecule has 0 saturated heterocycles. The maximum absolute atomic E-state index is 3.85. The lowest BCUT2D eigenvalue weighted by atomic mass is 10.1. The lowest BCUT2D eigenvalue weighted by Gasteiger charge is -1.96. The molecule has 14 heavy (non-hydrogen) atoms. The van der Waals surface area contributed by atoms with Gasteiger partial charge < -0.3 is 0 Å². The SMILES string of the molecule is C=C.C=C(Br)/C=C\C(=C)C(=C)/C=C\C. The van der Waals surface area contributed by atoms with Crippen molar-refractivity contribution >= 4 is 15.9 Å². The highest BCUT2D eigenvalue weighted by Gasteiger charge is 1.89. The zero-order chi connectivity index (χ0) is 11.6. The Bertz CT molecular complexity index is 267. The van der Waals surface area contributed by atoms with E-state index >= 15 is 0 Å². The summed E-state index contributed by atoms with van der Waals surface area (Å²) in [7, 11) is 0. The molecule has 0 amide bonds. The largest absolute Gasteiger partial charge is 0.106 e. The lowest BCUT2D eigenvalue weighted by molar-refractivity contribution is 1.57. The Morgan fingerprint density at radius 2 is 1.36 bits per heavy atom. The molecule has 0 unspecified atom stereocenters. The van der Waals surface area contributed by atoms with Crippen LogP contribution in [-0.4, -0.2) is 0 Å². The second kappa shape index (κ2) is 10.0. The molecule has 0 spiro atoms. The topological polar surface area (TPSA) is 0 Å². The van der Waals surface area contributed by atoms with Crippen LogP contribution in [0.3, 0.4) is 0 Å². The standard InChI is InChI=1S/C11H13Br.C2H4/c1-5-6-9(2)10(3)7-8-11(4)12;1-2/h5-8H,2-4H2,1H3;1-2H2/b6-5-,8-7-;. The first-order chi connectivity index (χ1) is 6.57. The molecule has 0 aliphatic carbocycles. The molecule has 0 aromatic heterocycles. The first-order valence-electron chi connectivity index (χ1n) is 4.11. The fraction of sp³-hybridized carbons (Fsp3) is 0.0769. The average molecular weight is 253 g/mol. The van der Waals surface area contributed by atoms with Crippen LogP contribution in [0.2, 0.25) is 0 Å². The van der Waals surface area contributed by atoms with E-state index in [9.17, 15) is 0 Å². The highest BCUT2D eigenvalue weighted by Crippen LogP contribution is 2.11. The first-order valence-corrected chi connectivity index (χ1v) is 4.90. The van der Waals surface area contributed by atoms with Crippen molar-refractivity contribution in [1.29, 1.82) is 0 Å². The molecule has 0 aromatic carbocycles.